The molecule has 0 fully saturated rings. The molecule has 1 amide bonds. The number of carbonyl (C=O) groups excluding carboxylic acids is 1. The molecule has 1 unspecified atom stereocenters. The van der Waals surface area contributed by atoms with Crippen LogP contribution < -0.4 is 5.43 Å². The van der Waals surface area contributed by atoms with Crippen LogP contribution in [0.1, 0.15) is 125 Å². The molecule has 0 heterocycles. The molecule has 0 rings (SSSR count). The van der Waals surface area contributed by atoms with Gasteiger partial charge in [0, 0.05) is 5.92 Å². The van der Waals surface area contributed by atoms with Gasteiger partial charge < -0.3 is 5.11 Å². The van der Waals surface area contributed by atoms with Gasteiger partial charge >= 0.3 is 0 Å². The summed E-state index contributed by atoms with van der Waals surface area (Å²) < 4.78 is 0.690. The summed E-state index contributed by atoms with van der Waals surface area (Å²) in [7, 11) is 0. The van der Waals surface area contributed by atoms with Gasteiger partial charge in [-0.2, -0.15) is 0 Å². The average Bonchev–Trinajstić information content (AvgIpc) is 2.78. The van der Waals surface area contributed by atoms with Crippen molar-refractivity contribution in [1.82, 2.24) is 5.43 Å². The lowest BCUT2D eigenvalue weighted by Crippen LogP contribution is -2.60. The molecule has 0 aromatic carbocycles. The minimum Gasteiger partial charge on any atom is -0.393 e. The minimum absolute atomic E-state index is 0.106. The molecule has 0 aliphatic heterocycles. The third-order valence-corrected chi connectivity index (χ3v) is 6.83. The second kappa shape index (κ2) is 19.8. The van der Waals surface area contributed by atoms with Gasteiger partial charge in [0.15, 0.2) is 0 Å². The predicted octanol–water partition coefficient (Wildman–Crippen LogP) is 6.93. The molecule has 4 nitrogen and oxygen atoms in total. The van der Waals surface area contributed by atoms with Crippen LogP contribution in [0, 0.1) is 5.92 Å². The monoisotopic (exact) mass is 439 g/mol. The first kappa shape index (κ1) is 30.1. The molecule has 0 aromatic rings. The maximum atomic E-state index is 12.5. The number of unbranched alkanes of at least 4 members (excludes halogenated alkanes) is 9. The van der Waals surface area contributed by atoms with E-state index in [-0.39, 0.29) is 17.9 Å². The van der Waals surface area contributed by atoms with Crippen LogP contribution in [0.3, 0.4) is 0 Å². The average molecular weight is 440 g/mol. The van der Waals surface area contributed by atoms with E-state index in [1.165, 1.54) is 51.4 Å². The van der Waals surface area contributed by atoms with Crippen molar-refractivity contribution < 1.29 is 14.5 Å². The van der Waals surface area contributed by atoms with Crippen LogP contribution in [0.4, 0.5) is 0 Å². The molecular formula is C27H55N2O2+. The van der Waals surface area contributed by atoms with Gasteiger partial charge in [0.25, 0.3) is 5.91 Å². The molecule has 0 spiro atoms. The summed E-state index contributed by atoms with van der Waals surface area (Å²) >= 11 is 0. The molecule has 0 aromatic heterocycles. The number of quaternary nitrogens is 1. The summed E-state index contributed by atoms with van der Waals surface area (Å²) in [6.45, 7) is 13.6. The van der Waals surface area contributed by atoms with Crippen LogP contribution in [0.2, 0.25) is 0 Å². The number of aliphatic hydroxyl groups excluding tert-OH is 1. The van der Waals surface area contributed by atoms with Crippen molar-refractivity contribution in [3.05, 3.63) is 12.2 Å². The second-order valence-electron chi connectivity index (χ2n) is 9.38. The predicted molar refractivity (Wildman–Crippen MR) is 135 cm³/mol. The van der Waals surface area contributed by atoms with Crippen LogP contribution in [-0.2, 0) is 4.79 Å². The molecule has 2 atom stereocenters. The number of carbonyl (C=O) groups is 1. The lowest BCUT2D eigenvalue weighted by atomic mass is 10.0. The van der Waals surface area contributed by atoms with Gasteiger partial charge in [-0.25, -0.2) is 10.0 Å². The highest BCUT2D eigenvalue weighted by Gasteiger charge is 2.26. The highest BCUT2D eigenvalue weighted by molar-refractivity contribution is 5.77. The summed E-state index contributed by atoms with van der Waals surface area (Å²) in [5.41, 5.74) is 3.26. The van der Waals surface area contributed by atoms with Gasteiger partial charge in [-0.05, 0) is 52.9 Å². The molecule has 0 bridgehead atoms. The largest absolute Gasteiger partial charge is 0.393 e. The Hall–Kier alpha value is -0.870. The van der Waals surface area contributed by atoms with Gasteiger partial charge in [-0.15, -0.1) is 0 Å². The number of rotatable bonds is 21. The number of aliphatic hydroxyl groups is 1. The zero-order valence-electron chi connectivity index (χ0n) is 21.6. The van der Waals surface area contributed by atoms with Crippen molar-refractivity contribution in [2.75, 3.05) is 19.6 Å². The molecule has 0 aliphatic carbocycles. The highest BCUT2D eigenvalue weighted by atomic mass is 16.3. The number of allylic oxidation sites excluding steroid dienone is 1. The van der Waals surface area contributed by atoms with E-state index in [1.54, 1.807) is 0 Å². The Morgan fingerprint density at radius 1 is 0.806 bits per heavy atom. The van der Waals surface area contributed by atoms with E-state index in [4.69, 9.17) is 0 Å². The third-order valence-electron chi connectivity index (χ3n) is 6.83. The molecule has 4 heteroatoms. The van der Waals surface area contributed by atoms with E-state index in [9.17, 15) is 9.90 Å². The van der Waals surface area contributed by atoms with Crippen LogP contribution in [0.5, 0.6) is 0 Å². The first-order valence-corrected chi connectivity index (χ1v) is 13.5. The number of hydrogen-bond acceptors (Lipinski definition) is 2. The number of hydrogen-bond donors (Lipinski definition) is 2. The maximum absolute atomic E-state index is 12.5. The molecule has 0 saturated carbocycles. The molecule has 31 heavy (non-hydrogen) atoms. The summed E-state index contributed by atoms with van der Waals surface area (Å²) in [6, 6.07) is 0. The van der Waals surface area contributed by atoms with Crippen molar-refractivity contribution in [3.8, 4) is 0 Å². The Balaban J connectivity index is 3.65. The zero-order valence-corrected chi connectivity index (χ0v) is 21.6. The Morgan fingerprint density at radius 2 is 1.35 bits per heavy atom. The van der Waals surface area contributed by atoms with E-state index in [1.807, 2.05) is 0 Å². The van der Waals surface area contributed by atoms with Crippen molar-refractivity contribution >= 4 is 5.91 Å². The molecule has 2 N–H and O–H groups in total. The Labute approximate surface area is 194 Å². The highest BCUT2D eigenvalue weighted by Crippen LogP contribution is 2.14. The topological polar surface area (TPSA) is 49.3 Å². The van der Waals surface area contributed by atoms with Crippen LogP contribution in [-0.4, -0.2) is 41.3 Å². The SMILES string of the molecule is CCCCCC[C@@H](O)C/C=C\CCCCCCCCC(C)C(=O)N[N+](CC)(CC)CC. The fourth-order valence-corrected chi connectivity index (χ4v) is 4.10. The van der Waals surface area contributed by atoms with Gasteiger partial charge in [-0.3, -0.25) is 4.79 Å². The van der Waals surface area contributed by atoms with Crippen molar-refractivity contribution in [2.24, 2.45) is 5.92 Å². The number of nitrogens with zero attached hydrogens (tertiary/aromatic N) is 1. The van der Waals surface area contributed by atoms with E-state index in [2.05, 4.69) is 52.2 Å². The lowest BCUT2D eigenvalue weighted by Gasteiger charge is -2.35. The minimum atomic E-state index is -0.154. The summed E-state index contributed by atoms with van der Waals surface area (Å²) in [5, 5.41) is 9.96. The quantitative estimate of drug-likeness (QED) is 0.0881. The van der Waals surface area contributed by atoms with Crippen LogP contribution >= 0.6 is 0 Å². The Morgan fingerprint density at radius 3 is 1.97 bits per heavy atom. The summed E-state index contributed by atoms with van der Waals surface area (Å²) in [6.07, 6.45) is 20.5. The fraction of sp³-hybridized carbons (Fsp3) is 0.889. The van der Waals surface area contributed by atoms with E-state index >= 15 is 0 Å². The maximum Gasteiger partial charge on any atom is 0.267 e. The Bertz CT molecular complexity index is 438. The normalized spacial score (nSPS) is 14.1. The third kappa shape index (κ3) is 15.6. The van der Waals surface area contributed by atoms with E-state index in [0.717, 1.165) is 58.2 Å². The van der Waals surface area contributed by atoms with Gasteiger partial charge in [0.2, 0.25) is 0 Å². The standard InChI is InChI=1S/C27H54N2O2/c1-6-10-11-20-23-26(30)24-21-18-16-14-12-13-15-17-19-22-25(5)27(31)28-29(7-2,8-3)9-4/h18,21,25-26,30H,6-17,19-20,22-24H2,1-5H3/p+1/b21-18-/t25?,26-/m1/s1. The van der Waals surface area contributed by atoms with Crippen molar-refractivity contribution in [2.45, 2.75) is 131 Å². The molecule has 0 aliphatic rings. The molecule has 0 saturated heterocycles. The molecule has 184 valence electrons. The van der Waals surface area contributed by atoms with Gasteiger partial charge in [0.05, 0.1) is 25.7 Å². The smallest absolute Gasteiger partial charge is 0.267 e. The molecular weight excluding hydrogens is 384 g/mol. The van der Waals surface area contributed by atoms with Crippen LogP contribution in [0.15, 0.2) is 12.2 Å². The first-order valence-electron chi connectivity index (χ1n) is 13.5. The van der Waals surface area contributed by atoms with Gasteiger partial charge in [0.1, 0.15) is 0 Å². The fourth-order valence-electron chi connectivity index (χ4n) is 4.10. The Kier molecular flexibility index (Phi) is 19.2. The number of amides is 1. The van der Waals surface area contributed by atoms with Gasteiger partial charge in [-0.1, -0.05) is 83.8 Å². The summed E-state index contributed by atoms with van der Waals surface area (Å²) in [4.78, 5) is 12.5. The zero-order chi connectivity index (χ0) is 23.4. The first-order chi connectivity index (χ1) is 14.9. The number of nitrogens with one attached hydrogen (secondary N) is 1. The van der Waals surface area contributed by atoms with E-state index in [0.29, 0.717) is 4.59 Å². The molecule has 0 radical (unpaired) electrons. The van der Waals surface area contributed by atoms with Crippen molar-refractivity contribution in [1.29, 1.82) is 0 Å². The van der Waals surface area contributed by atoms with Crippen LogP contribution in [0.25, 0.3) is 0 Å². The summed E-state index contributed by atoms with van der Waals surface area (Å²) in [5.74, 6) is 0.317. The lowest BCUT2D eigenvalue weighted by molar-refractivity contribution is -0.956. The van der Waals surface area contributed by atoms with Crippen molar-refractivity contribution in [3.63, 3.8) is 0 Å². The second-order valence-corrected chi connectivity index (χ2v) is 9.38. The van der Waals surface area contributed by atoms with E-state index < -0.39 is 0 Å².